The zero-order valence-corrected chi connectivity index (χ0v) is 11.5. The Morgan fingerprint density at radius 2 is 2.17 bits per heavy atom. The highest BCUT2D eigenvalue weighted by Gasteiger charge is 2.21. The molecule has 6 heteroatoms. The van der Waals surface area contributed by atoms with E-state index in [9.17, 15) is 8.42 Å². The quantitative estimate of drug-likeness (QED) is 0.594. The van der Waals surface area contributed by atoms with Crippen LogP contribution >= 0.6 is 0 Å². The number of hydrogen-bond donors (Lipinski definition) is 1. The lowest BCUT2D eigenvalue weighted by atomic mass is 10.3. The van der Waals surface area contributed by atoms with Crippen molar-refractivity contribution in [1.29, 1.82) is 0 Å². The molecule has 0 unspecified atom stereocenters. The molecular weight excluding hydrogens is 252 g/mol. The monoisotopic (exact) mass is 270 g/mol. The van der Waals surface area contributed by atoms with E-state index in [2.05, 4.69) is 11.2 Å². The molecule has 0 bridgehead atoms. The second-order valence-corrected chi connectivity index (χ2v) is 6.08. The van der Waals surface area contributed by atoms with Crippen molar-refractivity contribution in [2.75, 3.05) is 20.6 Å². The van der Waals surface area contributed by atoms with Gasteiger partial charge in [-0.05, 0) is 25.1 Å². The van der Waals surface area contributed by atoms with Crippen molar-refractivity contribution in [3.8, 4) is 12.3 Å². The van der Waals surface area contributed by atoms with E-state index in [4.69, 9.17) is 10.8 Å². The highest BCUT2D eigenvalue weighted by Crippen LogP contribution is 2.16. The second kappa shape index (κ2) is 6.59. The Kier molecular flexibility index (Phi) is 5.41. The van der Waals surface area contributed by atoms with Crippen molar-refractivity contribution in [3.63, 3.8) is 0 Å². The number of hydrogen-bond acceptors (Lipinski definition) is 4. The molecule has 1 rings (SSSR count). The molecule has 0 aliphatic rings. The van der Waals surface area contributed by atoms with Crippen LogP contribution in [0.1, 0.15) is 18.6 Å². The lowest BCUT2D eigenvalue weighted by Gasteiger charge is -2.07. The van der Waals surface area contributed by atoms with Gasteiger partial charge in [0.15, 0.2) is 0 Å². The topological polar surface area (TPSA) is 62.6 Å². The Morgan fingerprint density at radius 1 is 1.44 bits per heavy atom. The number of nitrogens with zero attached hydrogens (tertiary/aromatic N) is 1. The van der Waals surface area contributed by atoms with E-state index in [-0.39, 0.29) is 5.09 Å². The highest BCUT2D eigenvalue weighted by molar-refractivity contribution is 7.88. The van der Waals surface area contributed by atoms with Gasteiger partial charge in [0.1, 0.15) is 5.76 Å². The van der Waals surface area contributed by atoms with E-state index in [0.717, 1.165) is 23.7 Å². The molecule has 1 heterocycles. The van der Waals surface area contributed by atoms with Crippen LogP contribution in [-0.2, 0) is 16.6 Å². The van der Waals surface area contributed by atoms with Crippen molar-refractivity contribution in [1.82, 2.24) is 9.62 Å². The lowest BCUT2D eigenvalue weighted by Crippen LogP contribution is -2.21. The summed E-state index contributed by atoms with van der Waals surface area (Å²) in [5.74, 6) is 3.15. The SMILES string of the molecule is C#CCCCNCc1ccc(S(=O)(=O)N(C)C)o1. The predicted octanol–water partition coefficient (Wildman–Crippen LogP) is 1.03. The maximum atomic E-state index is 11.8. The molecule has 1 N–H and O–H groups in total. The van der Waals surface area contributed by atoms with Gasteiger partial charge in [0.25, 0.3) is 10.0 Å². The third-order valence-electron chi connectivity index (χ3n) is 2.35. The molecule has 5 nitrogen and oxygen atoms in total. The van der Waals surface area contributed by atoms with Gasteiger partial charge >= 0.3 is 0 Å². The van der Waals surface area contributed by atoms with Crippen molar-refractivity contribution in [3.05, 3.63) is 17.9 Å². The van der Waals surface area contributed by atoms with Crippen LogP contribution in [0, 0.1) is 12.3 Å². The van der Waals surface area contributed by atoms with Crippen LogP contribution in [0.3, 0.4) is 0 Å². The fourth-order valence-corrected chi connectivity index (χ4v) is 2.11. The average molecular weight is 270 g/mol. The molecular formula is C12H18N2O3S. The van der Waals surface area contributed by atoms with Crippen LogP contribution in [-0.4, -0.2) is 33.4 Å². The molecule has 18 heavy (non-hydrogen) atoms. The minimum atomic E-state index is -3.48. The fourth-order valence-electron chi connectivity index (χ4n) is 1.30. The van der Waals surface area contributed by atoms with E-state index in [0.29, 0.717) is 12.3 Å². The van der Waals surface area contributed by atoms with Crippen molar-refractivity contribution >= 4 is 10.0 Å². The zero-order valence-electron chi connectivity index (χ0n) is 10.6. The first-order valence-electron chi connectivity index (χ1n) is 5.64. The number of unbranched alkanes of at least 4 members (excludes halogenated alkanes) is 1. The number of furan rings is 1. The summed E-state index contributed by atoms with van der Waals surface area (Å²) in [6.45, 7) is 1.27. The molecule has 1 aromatic rings. The van der Waals surface area contributed by atoms with Crippen molar-refractivity contribution in [2.45, 2.75) is 24.5 Å². The highest BCUT2D eigenvalue weighted by atomic mass is 32.2. The van der Waals surface area contributed by atoms with E-state index >= 15 is 0 Å². The third-order valence-corrected chi connectivity index (χ3v) is 4.04. The first kappa shape index (κ1) is 14.8. The molecule has 0 spiro atoms. The molecule has 0 atom stereocenters. The van der Waals surface area contributed by atoms with Gasteiger partial charge < -0.3 is 9.73 Å². The Morgan fingerprint density at radius 3 is 2.78 bits per heavy atom. The summed E-state index contributed by atoms with van der Waals surface area (Å²) in [7, 11) is -0.547. The maximum Gasteiger partial charge on any atom is 0.275 e. The van der Waals surface area contributed by atoms with Crippen LogP contribution in [0.4, 0.5) is 0 Å². The van der Waals surface area contributed by atoms with E-state index in [1.807, 2.05) is 0 Å². The van der Waals surface area contributed by atoms with Crippen LogP contribution in [0.25, 0.3) is 0 Å². The molecule has 0 radical (unpaired) electrons. The summed E-state index contributed by atoms with van der Waals surface area (Å²) >= 11 is 0. The zero-order chi connectivity index (χ0) is 13.6. The lowest BCUT2D eigenvalue weighted by molar-refractivity contribution is 0.389. The molecule has 100 valence electrons. The largest absolute Gasteiger partial charge is 0.447 e. The van der Waals surface area contributed by atoms with E-state index in [1.54, 1.807) is 6.07 Å². The van der Waals surface area contributed by atoms with Crippen LogP contribution < -0.4 is 5.32 Å². The second-order valence-electron chi connectivity index (χ2n) is 3.99. The molecule has 0 aliphatic carbocycles. The number of terminal acetylenes is 1. The van der Waals surface area contributed by atoms with Crippen molar-refractivity contribution < 1.29 is 12.8 Å². The smallest absolute Gasteiger partial charge is 0.275 e. The van der Waals surface area contributed by atoms with Gasteiger partial charge in [-0.1, -0.05) is 0 Å². The normalized spacial score (nSPS) is 11.7. The first-order chi connectivity index (χ1) is 8.48. The molecule has 0 saturated heterocycles. The summed E-state index contributed by atoms with van der Waals surface area (Å²) in [6, 6.07) is 3.12. The third kappa shape index (κ3) is 3.88. The van der Waals surface area contributed by atoms with Gasteiger partial charge in [0.05, 0.1) is 6.54 Å². The molecule has 0 aliphatic heterocycles. The molecule has 0 fully saturated rings. The standard InChI is InChI=1S/C12H18N2O3S/c1-4-5-6-9-13-10-11-7-8-12(17-11)18(15,16)14(2)3/h1,7-8,13H,5-6,9-10H2,2-3H3. The maximum absolute atomic E-state index is 11.8. The van der Waals surface area contributed by atoms with E-state index in [1.165, 1.54) is 20.2 Å². The Bertz CT molecular complexity index is 512. The van der Waals surface area contributed by atoms with Gasteiger partial charge in [-0.25, -0.2) is 12.7 Å². The fraction of sp³-hybridized carbons (Fsp3) is 0.500. The summed E-state index contributed by atoms with van der Waals surface area (Å²) in [5, 5.41) is 3.10. The summed E-state index contributed by atoms with van der Waals surface area (Å²) in [5.41, 5.74) is 0. The van der Waals surface area contributed by atoms with Gasteiger partial charge in [0.2, 0.25) is 5.09 Å². The van der Waals surface area contributed by atoms with Gasteiger partial charge in [-0.3, -0.25) is 0 Å². The summed E-state index contributed by atoms with van der Waals surface area (Å²) < 4.78 is 29.9. The van der Waals surface area contributed by atoms with Gasteiger partial charge in [-0.2, -0.15) is 0 Å². The van der Waals surface area contributed by atoms with Gasteiger partial charge in [-0.15, -0.1) is 12.3 Å². The first-order valence-corrected chi connectivity index (χ1v) is 7.08. The number of nitrogens with one attached hydrogen (secondary N) is 1. The Hall–Kier alpha value is -1.29. The Balaban J connectivity index is 2.52. The molecule has 1 aromatic heterocycles. The van der Waals surface area contributed by atoms with Gasteiger partial charge in [0, 0.05) is 20.5 Å². The summed E-state index contributed by atoms with van der Waals surface area (Å²) in [6.07, 6.45) is 6.75. The Labute approximate surface area is 108 Å². The predicted molar refractivity (Wildman–Crippen MR) is 69.4 cm³/mol. The number of rotatable bonds is 7. The van der Waals surface area contributed by atoms with Crippen LogP contribution in [0.15, 0.2) is 21.6 Å². The number of sulfonamides is 1. The molecule has 0 amide bonds. The molecule has 0 saturated carbocycles. The van der Waals surface area contributed by atoms with Crippen molar-refractivity contribution in [2.24, 2.45) is 0 Å². The minimum Gasteiger partial charge on any atom is -0.447 e. The van der Waals surface area contributed by atoms with E-state index < -0.39 is 10.0 Å². The van der Waals surface area contributed by atoms with Crippen LogP contribution in [0.5, 0.6) is 0 Å². The van der Waals surface area contributed by atoms with Crippen LogP contribution in [0.2, 0.25) is 0 Å². The summed E-state index contributed by atoms with van der Waals surface area (Å²) in [4.78, 5) is 0. The average Bonchev–Trinajstić information content (AvgIpc) is 2.78. The molecule has 0 aromatic carbocycles. The minimum absolute atomic E-state index is 0.0343.